The topological polar surface area (TPSA) is 57.1 Å². The Bertz CT molecular complexity index is 617. The maximum absolute atomic E-state index is 11.9. The van der Waals surface area contributed by atoms with Crippen LogP contribution in [0.15, 0.2) is 65.7 Å². The second-order valence-electron chi connectivity index (χ2n) is 5.69. The summed E-state index contributed by atoms with van der Waals surface area (Å²) in [7, 11) is 0. The van der Waals surface area contributed by atoms with Gasteiger partial charge in [-0.1, -0.05) is 36.4 Å². The van der Waals surface area contributed by atoms with Gasteiger partial charge in [-0.3, -0.25) is 0 Å². The molecule has 1 amide bonds. The number of nitrogens with zero attached hydrogens (tertiary/aromatic N) is 1. The monoisotopic (exact) mass is 313 g/mol. The van der Waals surface area contributed by atoms with E-state index in [0.717, 1.165) is 0 Å². The lowest BCUT2D eigenvalue weighted by molar-refractivity contribution is 0.0597. The minimum absolute atomic E-state index is 0.198. The zero-order valence-electron chi connectivity index (χ0n) is 13.4. The first kappa shape index (κ1) is 16.5. The highest BCUT2D eigenvalue weighted by molar-refractivity contribution is 5.85. The molecule has 0 fully saturated rings. The van der Waals surface area contributed by atoms with Crippen molar-refractivity contribution in [3.63, 3.8) is 0 Å². The second kappa shape index (κ2) is 7.45. The number of hydrogen-bond donors (Lipinski definition) is 0. The van der Waals surface area contributed by atoms with Crippen molar-refractivity contribution < 1.29 is 19.0 Å². The first-order valence-corrected chi connectivity index (χ1v) is 7.20. The molecule has 0 aliphatic carbocycles. The van der Waals surface area contributed by atoms with Crippen molar-refractivity contribution in [1.29, 1.82) is 0 Å². The third kappa shape index (κ3) is 6.22. The van der Waals surface area contributed by atoms with Gasteiger partial charge in [0.2, 0.25) is 0 Å². The molecule has 0 N–H and O–H groups in total. The highest BCUT2D eigenvalue weighted by Crippen LogP contribution is 2.14. The van der Waals surface area contributed by atoms with Crippen LogP contribution in [0.2, 0.25) is 0 Å². The first-order chi connectivity index (χ1) is 10.9. The molecule has 0 radical (unpaired) electrons. The van der Waals surface area contributed by atoms with E-state index in [1.165, 1.54) is 0 Å². The Morgan fingerprint density at radius 3 is 1.65 bits per heavy atom. The van der Waals surface area contributed by atoms with E-state index in [2.05, 4.69) is 4.99 Å². The lowest BCUT2D eigenvalue weighted by atomic mass is 10.2. The summed E-state index contributed by atoms with van der Waals surface area (Å²) in [5, 5.41) is 0. The van der Waals surface area contributed by atoms with E-state index in [9.17, 15) is 4.79 Å². The van der Waals surface area contributed by atoms with Crippen LogP contribution in [0.3, 0.4) is 0 Å². The molecule has 0 heterocycles. The molecule has 5 heteroatoms. The number of para-hydroxylation sites is 2. The Morgan fingerprint density at radius 1 is 0.826 bits per heavy atom. The minimum Gasteiger partial charge on any atom is -0.442 e. The Hall–Kier alpha value is -2.82. The fourth-order valence-corrected chi connectivity index (χ4v) is 1.60. The summed E-state index contributed by atoms with van der Waals surface area (Å²) < 4.78 is 16.2. The van der Waals surface area contributed by atoms with Crippen molar-refractivity contribution >= 4 is 12.2 Å². The largest absolute Gasteiger partial charge is 0.442 e. The lowest BCUT2D eigenvalue weighted by Crippen LogP contribution is -2.25. The smallest absolute Gasteiger partial charge is 0.440 e. The van der Waals surface area contributed by atoms with Crippen LogP contribution in [0.4, 0.5) is 4.79 Å². The predicted octanol–water partition coefficient (Wildman–Crippen LogP) is 4.44. The van der Waals surface area contributed by atoms with Crippen LogP contribution in [0.1, 0.15) is 20.8 Å². The molecule has 5 nitrogen and oxygen atoms in total. The van der Waals surface area contributed by atoms with E-state index in [1.54, 1.807) is 45.0 Å². The maximum atomic E-state index is 11.9. The van der Waals surface area contributed by atoms with Crippen molar-refractivity contribution in [3.05, 3.63) is 60.7 Å². The van der Waals surface area contributed by atoms with Gasteiger partial charge in [-0.05, 0) is 45.0 Å². The fourth-order valence-electron chi connectivity index (χ4n) is 1.60. The number of carbonyl (C=O) groups is 1. The molecule has 2 rings (SSSR count). The van der Waals surface area contributed by atoms with Crippen LogP contribution in [0.5, 0.6) is 11.5 Å². The van der Waals surface area contributed by atoms with Gasteiger partial charge in [0.05, 0.1) is 0 Å². The maximum Gasteiger partial charge on any atom is 0.440 e. The molecule has 0 saturated heterocycles. The van der Waals surface area contributed by atoms with Crippen LogP contribution in [-0.4, -0.2) is 17.8 Å². The van der Waals surface area contributed by atoms with Crippen molar-refractivity contribution in [1.82, 2.24) is 0 Å². The minimum atomic E-state index is -0.778. The Balaban J connectivity index is 2.18. The summed E-state index contributed by atoms with van der Waals surface area (Å²) >= 11 is 0. The molecule has 2 aromatic rings. The average Bonchev–Trinajstić information content (AvgIpc) is 2.47. The molecular weight excluding hydrogens is 294 g/mol. The average molecular weight is 313 g/mol. The number of rotatable bonds is 2. The summed E-state index contributed by atoms with van der Waals surface area (Å²) in [6, 6.07) is 17.9. The molecule has 0 spiro atoms. The Labute approximate surface area is 135 Å². The Morgan fingerprint density at radius 2 is 1.26 bits per heavy atom. The van der Waals surface area contributed by atoms with Crippen molar-refractivity contribution in [3.8, 4) is 11.5 Å². The van der Waals surface area contributed by atoms with Gasteiger partial charge in [0.1, 0.15) is 17.1 Å². The van der Waals surface area contributed by atoms with Gasteiger partial charge in [0.15, 0.2) is 0 Å². The van der Waals surface area contributed by atoms with E-state index >= 15 is 0 Å². The first-order valence-electron chi connectivity index (χ1n) is 7.20. The summed E-state index contributed by atoms with van der Waals surface area (Å²) in [5.41, 5.74) is -0.648. The zero-order chi connectivity index (χ0) is 16.7. The predicted molar refractivity (Wildman–Crippen MR) is 87.8 cm³/mol. The molecule has 0 aromatic heterocycles. The van der Waals surface area contributed by atoms with Gasteiger partial charge in [0, 0.05) is 0 Å². The Kier molecular flexibility index (Phi) is 5.36. The number of aliphatic imine (C=N–C) groups is 1. The number of ether oxygens (including phenoxy) is 3. The van der Waals surface area contributed by atoms with Crippen LogP contribution >= 0.6 is 0 Å². The normalized spacial score (nSPS) is 10.6. The fraction of sp³-hybridized carbons (Fsp3) is 0.222. The lowest BCUT2D eigenvalue weighted by Gasteiger charge is -2.17. The van der Waals surface area contributed by atoms with Crippen LogP contribution in [-0.2, 0) is 4.74 Å². The van der Waals surface area contributed by atoms with Gasteiger partial charge < -0.3 is 14.2 Å². The molecule has 0 aliphatic heterocycles. The summed E-state index contributed by atoms with van der Waals surface area (Å²) in [6.07, 6.45) is -0.976. The molecule has 0 atom stereocenters. The highest BCUT2D eigenvalue weighted by atomic mass is 16.7. The number of amides is 1. The van der Waals surface area contributed by atoms with Crippen LogP contribution in [0, 0.1) is 0 Å². The van der Waals surface area contributed by atoms with Crippen molar-refractivity contribution in [2.24, 2.45) is 4.99 Å². The molecule has 0 bridgehead atoms. The van der Waals surface area contributed by atoms with Gasteiger partial charge in [-0.25, -0.2) is 4.79 Å². The van der Waals surface area contributed by atoms with Gasteiger partial charge >= 0.3 is 12.2 Å². The SMILES string of the molecule is CC(C)(C)OC(=O)N=C(Oc1ccccc1)Oc1ccccc1. The molecule has 0 saturated carbocycles. The molecule has 120 valence electrons. The number of hydrogen-bond acceptors (Lipinski definition) is 4. The van der Waals surface area contributed by atoms with Gasteiger partial charge in [0.25, 0.3) is 0 Å². The zero-order valence-corrected chi connectivity index (χ0v) is 13.4. The number of carbonyl (C=O) groups excluding carboxylic acids is 1. The molecule has 23 heavy (non-hydrogen) atoms. The number of benzene rings is 2. The summed E-state index contributed by atoms with van der Waals surface area (Å²) in [6.45, 7) is 5.28. The molecule has 0 aliphatic rings. The van der Waals surface area contributed by atoms with E-state index in [-0.39, 0.29) is 6.08 Å². The summed E-state index contributed by atoms with van der Waals surface area (Å²) in [5.74, 6) is 1.01. The third-order valence-electron chi connectivity index (χ3n) is 2.47. The van der Waals surface area contributed by atoms with E-state index in [0.29, 0.717) is 11.5 Å². The quantitative estimate of drug-likeness (QED) is 0.607. The second-order valence-corrected chi connectivity index (χ2v) is 5.69. The van der Waals surface area contributed by atoms with E-state index in [4.69, 9.17) is 14.2 Å². The van der Waals surface area contributed by atoms with Crippen molar-refractivity contribution in [2.45, 2.75) is 26.4 Å². The van der Waals surface area contributed by atoms with Crippen LogP contribution < -0.4 is 9.47 Å². The molecule has 2 aromatic carbocycles. The van der Waals surface area contributed by atoms with Gasteiger partial charge in [-0.2, -0.15) is 0 Å². The van der Waals surface area contributed by atoms with Crippen LogP contribution in [0.25, 0.3) is 0 Å². The standard InChI is InChI=1S/C18H19NO4/c1-18(2,3)23-16(20)19-17(21-14-10-6-4-7-11-14)22-15-12-8-5-9-13-15/h4-13H,1-3H3. The van der Waals surface area contributed by atoms with E-state index < -0.39 is 11.7 Å². The third-order valence-corrected chi connectivity index (χ3v) is 2.47. The van der Waals surface area contributed by atoms with Gasteiger partial charge in [-0.15, -0.1) is 4.99 Å². The van der Waals surface area contributed by atoms with E-state index in [1.807, 2.05) is 36.4 Å². The molecular formula is C18H19NO4. The molecule has 0 unspecified atom stereocenters. The van der Waals surface area contributed by atoms with Crippen molar-refractivity contribution in [2.75, 3.05) is 0 Å². The summed E-state index contributed by atoms with van der Waals surface area (Å²) in [4.78, 5) is 15.6. The highest BCUT2D eigenvalue weighted by Gasteiger charge is 2.18.